The largest absolute Gasteiger partial charge is 0.339 e. The van der Waals surface area contributed by atoms with Gasteiger partial charge in [-0.2, -0.15) is 0 Å². The second kappa shape index (κ2) is 6.49. The van der Waals surface area contributed by atoms with Gasteiger partial charge < -0.3 is 4.90 Å². The number of aryl methyl sites for hydroxylation is 1. The maximum Gasteiger partial charge on any atom is 0.246 e. The van der Waals surface area contributed by atoms with Crippen LogP contribution < -0.4 is 0 Å². The first-order chi connectivity index (χ1) is 10.2. The number of hydrogen-bond donors (Lipinski definition) is 0. The minimum atomic E-state index is 0.107. The molecule has 1 saturated heterocycles. The second-order valence-electron chi connectivity index (χ2n) is 5.11. The lowest BCUT2D eigenvalue weighted by atomic mass is 9.97. The van der Waals surface area contributed by atoms with Crippen LogP contribution in [-0.4, -0.2) is 34.1 Å². The number of hydrogen-bond acceptors (Lipinski definition) is 5. The van der Waals surface area contributed by atoms with Crippen molar-refractivity contribution in [3.05, 3.63) is 38.5 Å². The van der Waals surface area contributed by atoms with Crippen LogP contribution in [0.2, 0.25) is 0 Å². The molecular formula is C15H17N3OS2. The van der Waals surface area contributed by atoms with Gasteiger partial charge in [-0.1, -0.05) is 6.07 Å². The molecule has 3 heterocycles. The van der Waals surface area contributed by atoms with Crippen molar-refractivity contribution in [2.24, 2.45) is 0 Å². The van der Waals surface area contributed by atoms with E-state index in [0.29, 0.717) is 5.92 Å². The van der Waals surface area contributed by atoms with Gasteiger partial charge in [0.05, 0.1) is 0 Å². The van der Waals surface area contributed by atoms with Gasteiger partial charge in [-0.25, -0.2) is 0 Å². The van der Waals surface area contributed by atoms with Crippen molar-refractivity contribution in [2.45, 2.75) is 25.7 Å². The highest BCUT2D eigenvalue weighted by molar-refractivity contribution is 7.11. The normalized spacial score (nSPS) is 16.7. The van der Waals surface area contributed by atoms with Crippen LogP contribution >= 0.6 is 22.7 Å². The summed E-state index contributed by atoms with van der Waals surface area (Å²) in [6, 6.07) is 4.00. The molecule has 3 rings (SSSR count). The van der Waals surface area contributed by atoms with Gasteiger partial charge in [0.15, 0.2) is 0 Å². The summed E-state index contributed by atoms with van der Waals surface area (Å²) in [5.41, 5.74) is 0. The highest BCUT2D eigenvalue weighted by Gasteiger charge is 2.24. The molecule has 0 N–H and O–H groups in total. The average Bonchev–Trinajstić information content (AvgIpc) is 3.16. The van der Waals surface area contributed by atoms with Crippen LogP contribution in [0.4, 0.5) is 0 Å². The number of likely N-dealkylation sites (tertiary alicyclic amines) is 1. The fourth-order valence-electron chi connectivity index (χ4n) is 2.47. The van der Waals surface area contributed by atoms with E-state index in [2.05, 4.69) is 10.2 Å². The van der Waals surface area contributed by atoms with Gasteiger partial charge in [-0.05, 0) is 37.3 Å². The van der Waals surface area contributed by atoms with E-state index in [1.54, 1.807) is 28.7 Å². The standard InChI is InChI=1S/C15H17N3OS2/c1-11-16-17-15(21-11)12-6-8-18(9-7-12)14(19)5-4-13-3-2-10-20-13/h2-5,10,12H,6-9H2,1H3/b5-4+. The van der Waals surface area contributed by atoms with Crippen LogP contribution in [0, 0.1) is 6.92 Å². The van der Waals surface area contributed by atoms with Crippen molar-refractivity contribution >= 4 is 34.7 Å². The second-order valence-corrected chi connectivity index (χ2v) is 7.30. The van der Waals surface area contributed by atoms with Gasteiger partial charge in [0.25, 0.3) is 0 Å². The molecule has 2 aromatic rings. The number of piperidine rings is 1. The van der Waals surface area contributed by atoms with Gasteiger partial charge in [-0.3, -0.25) is 4.79 Å². The van der Waals surface area contributed by atoms with E-state index in [1.165, 1.54) is 0 Å². The molecule has 0 aliphatic carbocycles. The zero-order chi connectivity index (χ0) is 14.7. The molecule has 0 unspecified atom stereocenters. The number of carbonyl (C=O) groups is 1. The van der Waals surface area contributed by atoms with Crippen molar-refractivity contribution in [1.29, 1.82) is 0 Å². The zero-order valence-corrected chi connectivity index (χ0v) is 13.5. The summed E-state index contributed by atoms with van der Waals surface area (Å²) < 4.78 is 0. The highest BCUT2D eigenvalue weighted by Crippen LogP contribution is 2.30. The van der Waals surface area contributed by atoms with E-state index in [0.717, 1.165) is 40.8 Å². The minimum absolute atomic E-state index is 0.107. The molecule has 0 spiro atoms. The van der Waals surface area contributed by atoms with E-state index in [-0.39, 0.29) is 5.91 Å². The number of nitrogens with zero attached hydrogens (tertiary/aromatic N) is 3. The molecule has 0 bridgehead atoms. The summed E-state index contributed by atoms with van der Waals surface area (Å²) in [7, 11) is 0. The Bertz CT molecular complexity index is 625. The number of carbonyl (C=O) groups excluding carboxylic acids is 1. The van der Waals surface area contributed by atoms with E-state index >= 15 is 0 Å². The molecule has 110 valence electrons. The van der Waals surface area contributed by atoms with E-state index in [9.17, 15) is 4.79 Å². The minimum Gasteiger partial charge on any atom is -0.339 e. The van der Waals surface area contributed by atoms with Crippen molar-refractivity contribution in [3.63, 3.8) is 0 Å². The van der Waals surface area contributed by atoms with Crippen LogP contribution in [-0.2, 0) is 4.79 Å². The van der Waals surface area contributed by atoms with Crippen molar-refractivity contribution in [2.75, 3.05) is 13.1 Å². The lowest BCUT2D eigenvalue weighted by Crippen LogP contribution is -2.36. The first-order valence-electron chi connectivity index (χ1n) is 7.03. The summed E-state index contributed by atoms with van der Waals surface area (Å²) in [4.78, 5) is 15.2. The molecular weight excluding hydrogens is 302 g/mol. The van der Waals surface area contributed by atoms with Gasteiger partial charge in [0.2, 0.25) is 5.91 Å². The Labute approximate surface area is 132 Å². The molecule has 0 saturated carbocycles. The number of rotatable bonds is 3. The monoisotopic (exact) mass is 319 g/mol. The molecule has 2 aromatic heterocycles. The van der Waals surface area contributed by atoms with Gasteiger partial charge in [-0.15, -0.1) is 32.9 Å². The van der Waals surface area contributed by atoms with Crippen molar-refractivity contribution in [1.82, 2.24) is 15.1 Å². The summed E-state index contributed by atoms with van der Waals surface area (Å²) in [5, 5.41) is 12.5. The molecule has 21 heavy (non-hydrogen) atoms. The maximum absolute atomic E-state index is 12.2. The fraction of sp³-hybridized carbons (Fsp3) is 0.400. The number of aromatic nitrogens is 2. The predicted octanol–water partition coefficient (Wildman–Crippen LogP) is 3.33. The smallest absolute Gasteiger partial charge is 0.246 e. The number of amides is 1. The Morgan fingerprint density at radius 1 is 1.38 bits per heavy atom. The SMILES string of the molecule is Cc1nnc(C2CCN(C(=O)/C=C/c3cccs3)CC2)s1. The number of thiophene rings is 1. The average molecular weight is 319 g/mol. The Balaban J connectivity index is 1.54. The summed E-state index contributed by atoms with van der Waals surface area (Å²) in [5.74, 6) is 0.566. The Morgan fingerprint density at radius 3 is 2.81 bits per heavy atom. The van der Waals surface area contributed by atoms with E-state index < -0.39 is 0 Å². The van der Waals surface area contributed by atoms with Crippen LogP contribution in [0.3, 0.4) is 0 Å². The molecule has 0 aromatic carbocycles. The summed E-state index contributed by atoms with van der Waals surface area (Å²) in [6.07, 6.45) is 5.54. The van der Waals surface area contributed by atoms with Crippen LogP contribution in [0.1, 0.15) is 33.7 Å². The zero-order valence-electron chi connectivity index (χ0n) is 11.9. The quantitative estimate of drug-likeness (QED) is 0.815. The van der Waals surface area contributed by atoms with Gasteiger partial charge >= 0.3 is 0 Å². The lowest BCUT2D eigenvalue weighted by Gasteiger charge is -2.30. The maximum atomic E-state index is 12.2. The fourth-order valence-corrected chi connectivity index (χ4v) is 3.95. The third-order valence-corrected chi connectivity index (χ3v) is 5.47. The first kappa shape index (κ1) is 14.4. The van der Waals surface area contributed by atoms with Gasteiger partial charge in [0, 0.05) is 30.0 Å². The van der Waals surface area contributed by atoms with Crippen molar-refractivity contribution in [3.8, 4) is 0 Å². The van der Waals surface area contributed by atoms with Crippen LogP contribution in [0.15, 0.2) is 23.6 Å². The molecule has 1 fully saturated rings. The molecule has 1 aliphatic heterocycles. The Hall–Kier alpha value is -1.53. The predicted molar refractivity (Wildman–Crippen MR) is 86.6 cm³/mol. The Morgan fingerprint density at radius 2 is 2.19 bits per heavy atom. The molecule has 0 radical (unpaired) electrons. The molecule has 1 aliphatic rings. The van der Waals surface area contributed by atoms with E-state index in [1.807, 2.05) is 35.4 Å². The van der Waals surface area contributed by atoms with E-state index in [4.69, 9.17) is 0 Å². The summed E-state index contributed by atoms with van der Waals surface area (Å²) in [6.45, 7) is 3.59. The lowest BCUT2D eigenvalue weighted by molar-refractivity contribution is -0.126. The third-order valence-electron chi connectivity index (χ3n) is 3.63. The molecule has 0 atom stereocenters. The van der Waals surface area contributed by atoms with Gasteiger partial charge in [0.1, 0.15) is 10.0 Å². The third kappa shape index (κ3) is 3.57. The Kier molecular flexibility index (Phi) is 4.45. The first-order valence-corrected chi connectivity index (χ1v) is 8.72. The highest BCUT2D eigenvalue weighted by atomic mass is 32.1. The summed E-state index contributed by atoms with van der Waals surface area (Å²) >= 11 is 3.31. The van der Waals surface area contributed by atoms with Crippen molar-refractivity contribution < 1.29 is 4.79 Å². The topological polar surface area (TPSA) is 46.1 Å². The van der Waals surface area contributed by atoms with Crippen LogP contribution in [0.25, 0.3) is 6.08 Å². The molecule has 6 heteroatoms. The molecule has 1 amide bonds. The van der Waals surface area contributed by atoms with Crippen LogP contribution in [0.5, 0.6) is 0 Å². The molecule has 4 nitrogen and oxygen atoms in total.